The zero-order valence-corrected chi connectivity index (χ0v) is 11.7. The molecule has 106 valence electrons. The fraction of sp³-hybridized carbons (Fsp3) is 1.00. The summed E-state index contributed by atoms with van der Waals surface area (Å²) in [7, 11) is 0. The van der Waals surface area contributed by atoms with Crippen molar-refractivity contribution in [2.75, 3.05) is 19.8 Å². The van der Waals surface area contributed by atoms with E-state index in [1.54, 1.807) is 0 Å². The van der Waals surface area contributed by atoms with Gasteiger partial charge in [-0.25, -0.2) is 0 Å². The van der Waals surface area contributed by atoms with E-state index in [1.807, 2.05) is 0 Å². The molecule has 2 aliphatic rings. The molecule has 0 radical (unpaired) electrons. The van der Waals surface area contributed by atoms with Crippen LogP contribution in [0.15, 0.2) is 0 Å². The molecule has 2 unspecified atom stereocenters. The van der Waals surface area contributed by atoms with Crippen molar-refractivity contribution >= 4 is 0 Å². The number of rotatable bonds is 5. The van der Waals surface area contributed by atoms with E-state index in [2.05, 4.69) is 13.8 Å². The summed E-state index contributed by atoms with van der Waals surface area (Å²) in [6.07, 6.45) is 5.02. The summed E-state index contributed by atoms with van der Waals surface area (Å²) in [5, 5.41) is 0. The van der Waals surface area contributed by atoms with Crippen LogP contribution in [0.3, 0.4) is 0 Å². The van der Waals surface area contributed by atoms with Crippen LogP contribution in [0, 0.1) is 5.92 Å². The fourth-order valence-corrected chi connectivity index (χ4v) is 2.80. The zero-order chi connectivity index (χ0) is 13.0. The maximum absolute atomic E-state index is 6.14. The van der Waals surface area contributed by atoms with Crippen LogP contribution in [-0.4, -0.2) is 37.8 Å². The second-order valence-corrected chi connectivity index (χ2v) is 5.96. The molecule has 18 heavy (non-hydrogen) atoms. The molecular weight excluding hydrogens is 230 g/mol. The van der Waals surface area contributed by atoms with Crippen LogP contribution in [0.1, 0.15) is 46.0 Å². The summed E-state index contributed by atoms with van der Waals surface area (Å²) >= 11 is 0. The summed E-state index contributed by atoms with van der Waals surface area (Å²) in [6, 6.07) is 0.127. The number of ether oxygens (including phenoxy) is 3. The molecule has 4 nitrogen and oxygen atoms in total. The molecule has 4 heteroatoms. The van der Waals surface area contributed by atoms with Gasteiger partial charge in [-0.1, -0.05) is 13.8 Å². The first kappa shape index (κ1) is 14.3. The molecule has 1 aliphatic carbocycles. The molecule has 1 aliphatic heterocycles. The van der Waals surface area contributed by atoms with Gasteiger partial charge in [0.25, 0.3) is 0 Å². The molecular formula is C14H27NO3. The smallest absolute Gasteiger partial charge is 0.171 e. The van der Waals surface area contributed by atoms with Crippen LogP contribution in [-0.2, 0) is 14.2 Å². The minimum absolute atomic E-state index is 0.0870. The Hall–Kier alpha value is -0.160. The topological polar surface area (TPSA) is 53.7 Å². The van der Waals surface area contributed by atoms with E-state index in [1.165, 1.54) is 6.42 Å². The van der Waals surface area contributed by atoms with Crippen LogP contribution >= 0.6 is 0 Å². The lowest BCUT2D eigenvalue weighted by Gasteiger charge is -2.39. The second kappa shape index (κ2) is 6.33. The van der Waals surface area contributed by atoms with E-state index in [9.17, 15) is 0 Å². The van der Waals surface area contributed by atoms with Gasteiger partial charge < -0.3 is 19.9 Å². The maximum atomic E-state index is 6.14. The van der Waals surface area contributed by atoms with Crippen molar-refractivity contribution < 1.29 is 14.2 Å². The third kappa shape index (κ3) is 3.67. The van der Waals surface area contributed by atoms with E-state index in [4.69, 9.17) is 19.9 Å². The Morgan fingerprint density at radius 1 is 1.33 bits per heavy atom. The summed E-state index contributed by atoms with van der Waals surface area (Å²) in [6.45, 7) is 6.68. The van der Waals surface area contributed by atoms with E-state index >= 15 is 0 Å². The van der Waals surface area contributed by atoms with Gasteiger partial charge in [-0.3, -0.25) is 0 Å². The normalized spacial score (nSPS) is 31.3. The van der Waals surface area contributed by atoms with Gasteiger partial charge in [-0.2, -0.15) is 0 Å². The van der Waals surface area contributed by atoms with Crippen molar-refractivity contribution in [3.05, 3.63) is 0 Å². The van der Waals surface area contributed by atoms with Gasteiger partial charge >= 0.3 is 0 Å². The van der Waals surface area contributed by atoms with E-state index in [0.29, 0.717) is 13.2 Å². The Bertz CT molecular complexity index is 251. The molecule has 1 spiro atoms. The van der Waals surface area contributed by atoms with Gasteiger partial charge in [-0.05, 0) is 25.2 Å². The lowest BCUT2D eigenvalue weighted by molar-refractivity contribution is -0.205. The van der Waals surface area contributed by atoms with E-state index < -0.39 is 5.79 Å². The molecule has 2 rings (SSSR count). The molecule has 1 saturated carbocycles. The van der Waals surface area contributed by atoms with Gasteiger partial charge in [0.1, 0.15) is 0 Å². The minimum Gasteiger partial charge on any atom is -0.376 e. The Labute approximate surface area is 110 Å². The molecule has 1 heterocycles. The van der Waals surface area contributed by atoms with Gasteiger partial charge in [-0.15, -0.1) is 0 Å². The SMILES string of the molecule is CC(C)CCCOC1CC2(CCC1N)OCCO2. The summed E-state index contributed by atoms with van der Waals surface area (Å²) in [4.78, 5) is 0. The monoisotopic (exact) mass is 257 g/mol. The molecule has 0 aromatic heterocycles. The maximum Gasteiger partial charge on any atom is 0.171 e. The van der Waals surface area contributed by atoms with Crippen LogP contribution in [0.4, 0.5) is 0 Å². The van der Waals surface area contributed by atoms with Crippen molar-refractivity contribution in [3.8, 4) is 0 Å². The third-order valence-electron chi connectivity index (χ3n) is 3.92. The van der Waals surface area contributed by atoms with Crippen LogP contribution in [0.5, 0.6) is 0 Å². The number of nitrogens with two attached hydrogens (primary N) is 1. The highest BCUT2D eigenvalue weighted by atomic mass is 16.7. The lowest BCUT2D eigenvalue weighted by atomic mass is 9.88. The summed E-state index contributed by atoms with van der Waals surface area (Å²) in [5.74, 6) is 0.347. The molecule has 2 N–H and O–H groups in total. The van der Waals surface area contributed by atoms with Gasteiger partial charge in [0, 0.05) is 25.5 Å². The standard InChI is InChI=1S/C14H27NO3/c1-11(2)4-3-7-16-13-10-14(6-5-12(13)15)17-8-9-18-14/h11-13H,3-10,15H2,1-2H3. The molecule has 2 fully saturated rings. The minimum atomic E-state index is -0.390. The molecule has 1 saturated heterocycles. The highest BCUT2D eigenvalue weighted by Crippen LogP contribution is 2.36. The predicted molar refractivity (Wildman–Crippen MR) is 70.3 cm³/mol. The quantitative estimate of drug-likeness (QED) is 0.766. The highest BCUT2D eigenvalue weighted by molar-refractivity contribution is 4.90. The van der Waals surface area contributed by atoms with Crippen LogP contribution in [0.2, 0.25) is 0 Å². The van der Waals surface area contributed by atoms with Gasteiger partial charge in [0.2, 0.25) is 0 Å². The molecule has 0 amide bonds. The second-order valence-electron chi connectivity index (χ2n) is 5.96. The van der Waals surface area contributed by atoms with Gasteiger partial charge in [0.05, 0.1) is 19.3 Å². The Morgan fingerprint density at radius 2 is 2.06 bits per heavy atom. The van der Waals surface area contributed by atoms with Crippen molar-refractivity contribution in [2.45, 2.75) is 63.9 Å². The highest BCUT2D eigenvalue weighted by Gasteiger charge is 2.44. The van der Waals surface area contributed by atoms with Crippen LogP contribution < -0.4 is 5.73 Å². The van der Waals surface area contributed by atoms with Crippen molar-refractivity contribution in [1.29, 1.82) is 0 Å². The number of hydrogen-bond donors (Lipinski definition) is 1. The lowest BCUT2D eigenvalue weighted by Crippen LogP contribution is -2.50. The van der Waals surface area contributed by atoms with Crippen molar-refractivity contribution in [1.82, 2.24) is 0 Å². The Kier molecular flexibility index (Phi) is 5.01. The first-order valence-electron chi connectivity index (χ1n) is 7.26. The largest absolute Gasteiger partial charge is 0.376 e. The molecule has 0 aromatic rings. The summed E-state index contributed by atoms with van der Waals surface area (Å²) in [5.41, 5.74) is 6.14. The average Bonchev–Trinajstić information content (AvgIpc) is 2.77. The predicted octanol–water partition coefficient (Wildman–Crippen LogP) is 2.06. The summed E-state index contributed by atoms with van der Waals surface area (Å²) < 4.78 is 17.4. The molecule has 2 atom stereocenters. The van der Waals surface area contributed by atoms with Crippen LogP contribution in [0.25, 0.3) is 0 Å². The average molecular weight is 257 g/mol. The van der Waals surface area contributed by atoms with E-state index in [-0.39, 0.29) is 12.1 Å². The van der Waals surface area contributed by atoms with Gasteiger partial charge in [0.15, 0.2) is 5.79 Å². The zero-order valence-electron chi connectivity index (χ0n) is 11.7. The number of hydrogen-bond acceptors (Lipinski definition) is 4. The van der Waals surface area contributed by atoms with Crippen molar-refractivity contribution in [2.24, 2.45) is 11.7 Å². The first-order valence-corrected chi connectivity index (χ1v) is 7.26. The molecule has 0 bridgehead atoms. The Morgan fingerprint density at radius 3 is 2.72 bits per heavy atom. The Balaban J connectivity index is 1.75. The first-order chi connectivity index (χ1) is 8.61. The third-order valence-corrected chi connectivity index (χ3v) is 3.92. The van der Waals surface area contributed by atoms with E-state index in [0.717, 1.165) is 38.2 Å². The molecule has 0 aromatic carbocycles. The van der Waals surface area contributed by atoms with Crippen molar-refractivity contribution in [3.63, 3.8) is 0 Å². The fourth-order valence-electron chi connectivity index (χ4n) is 2.80.